The minimum absolute atomic E-state index is 0.229. The number of hydrogen-bond acceptors (Lipinski definition) is 2. The Morgan fingerprint density at radius 1 is 1.20 bits per heavy atom. The molecule has 102 valence electrons. The summed E-state index contributed by atoms with van der Waals surface area (Å²) in [6.45, 7) is 4.68. The predicted octanol–water partition coefficient (Wildman–Crippen LogP) is 4.12. The van der Waals surface area contributed by atoms with Gasteiger partial charge in [-0.1, -0.05) is 49.1 Å². The summed E-state index contributed by atoms with van der Waals surface area (Å²) in [5, 5.41) is 0. The van der Waals surface area contributed by atoms with Crippen LogP contribution in [0.2, 0.25) is 0 Å². The molecule has 0 saturated carbocycles. The average Bonchev–Trinajstić information content (AvgIpc) is 2.49. The van der Waals surface area contributed by atoms with Crippen molar-refractivity contribution in [1.82, 2.24) is 0 Å². The van der Waals surface area contributed by atoms with Crippen molar-refractivity contribution in [3.63, 3.8) is 0 Å². The molecule has 0 aromatic heterocycles. The van der Waals surface area contributed by atoms with Crippen molar-refractivity contribution in [2.45, 2.75) is 12.7 Å². The van der Waals surface area contributed by atoms with Gasteiger partial charge in [-0.3, -0.25) is 0 Å². The van der Waals surface area contributed by atoms with E-state index in [1.165, 1.54) is 6.07 Å². The molecule has 2 aromatic carbocycles. The lowest BCUT2D eigenvalue weighted by Crippen LogP contribution is -2.22. The molecule has 1 aliphatic rings. The third-order valence-corrected chi connectivity index (χ3v) is 3.41. The van der Waals surface area contributed by atoms with Crippen molar-refractivity contribution < 1.29 is 13.9 Å². The first-order valence-electron chi connectivity index (χ1n) is 6.52. The van der Waals surface area contributed by atoms with E-state index in [1.807, 2.05) is 24.3 Å². The van der Waals surface area contributed by atoms with E-state index in [-0.39, 0.29) is 17.7 Å². The summed E-state index contributed by atoms with van der Waals surface area (Å²) < 4.78 is 25.3. The van der Waals surface area contributed by atoms with Gasteiger partial charge in [0.15, 0.2) is 11.6 Å². The van der Waals surface area contributed by atoms with Crippen LogP contribution in [-0.2, 0) is 11.3 Å². The number of halogens is 1. The number of para-hydroxylation sites is 1. The van der Waals surface area contributed by atoms with Crippen LogP contribution in [0.4, 0.5) is 4.39 Å². The number of ether oxygens (including phenoxy) is 2. The van der Waals surface area contributed by atoms with Gasteiger partial charge in [-0.2, -0.15) is 0 Å². The second-order valence-corrected chi connectivity index (χ2v) is 4.68. The minimum atomic E-state index is -0.384. The van der Waals surface area contributed by atoms with Gasteiger partial charge < -0.3 is 9.47 Å². The normalized spacial score (nSPS) is 17.4. The number of fused-ring (bicyclic) bond motifs is 1. The molecular weight excluding hydrogens is 255 g/mol. The van der Waals surface area contributed by atoms with E-state index in [0.29, 0.717) is 18.8 Å². The Balaban J connectivity index is 1.95. The highest BCUT2D eigenvalue weighted by atomic mass is 19.1. The zero-order valence-electron chi connectivity index (χ0n) is 11.0. The van der Waals surface area contributed by atoms with Crippen LogP contribution in [0.1, 0.15) is 22.8 Å². The molecule has 0 aliphatic carbocycles. The molecule has 0 saturated heterocycles. The standard InChI is InChI=1S/C17H15FO2/c1-2-12-7-5-9-15(18)17(12)20-16-11-19-10-13-6-3-4-8-14(13)16/h2-9,16H,1,10-11H2/t16-/m1/s1. The van der Waals surface area contributed by atoms with Gasteiger partial charge >= 0.3 is 0 Å². The summed E-state index contributed by atoms with van der Waals surface area (Å²) >= 11 is 0. The Morgan fingerprint density at radius 2 is 2.05 bits per heavy atom. The number of benzene rings is 2. The van der Waals surface area contributed by atoms with Crippen molar-refractivity contribution in [2.24, 2.45) is 0 Å². The van der Waals surface area contributed by atoms with Gasteiger partial charge in [0, 0.05) is 11.1 Å². The molecule has 0 unspecified atom stereocenters. The van der Waals surface area contributed by atoms with Gasteiger partial charge in [-0.25, -0.2) is 4.39 Å². The van der Waals surface area contributed by atoms with Crippen LogP contribution in [-0.4, -0.2) is 6.61 Å². The molecule has 0 N–H and O–H groups in total. The highest BCUT2D eigenvalue weighted by Crippen LogP contribution is 2.32. The molecule has 1 aliphatic heterocycles. The van der Waals surface area contributed by atoms with Crippen molar-refractivity contribution in [1.29, 1.82) is 0 Å². The highest BCUT2D eigenvalue weighted by Gasteiger charge is 2.23. The third kappa shape index (κ3) is 2.32. The third-order valence-electron chi connectivity index (χ3n) is 3.41. The fourth-order valence-electron chi connectivity index (χ4n) is 2.40. The zero-order valence-corrected chi connectivity index (χ0v) is 11.0. The van der Waals surface area contributed by atoms with Crippen LogP contribution in [0, 0.1) is 5.82 Å². The molecule has 0 fully saturated rings. The van der Waals surface area contributed by atoms with E-state index in [0.717, 1.165) is 11.1 Å². The van der Waals surface area contributed by atoms with Crippen molar-refractivity contribution in [3.8, 4) is 5.75 Å². The fraction of sp³-hybridized carbons (Fsp3) is 0.176. The second kappa shape index (κ2) is 5.47. The summed E-state index contributed by atoms with van der Waals surface area (Å²) in [5.74, 6) is -0.154. The lowest BCUT2D eigenvalue weighted by Gasteiger charge is -2.27. The van der Waals surface area contributed by atoms with Crippen molar-refractivity contribution in [3.05, 3.63) is 71.6 Å². The topological polar surface area (TPSA) is 18.5 Å². The van der Waals surface area contributed by atoms with E-state index in [1.54, 1.807) is 18.2 Å². The summed E-state index contributed by atoms with van der Waals surface area (Å²) in [6.07, 6.45) is 1.30. The average molecular weight is 270 g/mol. The first kappa shape index (κ1) is 12.9. The molecule has 0 radical (unpaired) electrons. The Morgan fingerprint density at radius 3 is 2.90 bits per heavy atom. The predicted molar refractivity (Wildman–Crippen MR) is 76.0 cm³/mol. The van der Waals surface area contributed by atoms with E-state index < -0.39 is 0 Å². The highest BCUT2D eigenvalue weighted by molar-refractivity contribution is 5.56. The Labute approximate surface area is 117 Å². The second-order valence-electron chi connectivity index (χ2n) is 4.68. The van der Waals surface area contributed by atoms with Crippen LogP contribution in [0.15, 0.2) is 49.0 Å². The smallest absolute Gasteiger partial charge is 0.165 e. The van der Waals surface area contributed by atoms with Crippen LogP contribution in [0.3, 0.4) is 0 Å². The molecule has 1 atom stereocenters. The first-order valence-corrected chi connectivity index (χ1v) is 6.52. The van der Waals surface area contributed by atoms with Crippen LogP contribution < -0.4 is 4.74 Å². The lowest BCUT2D eigenvalue weighted by molar-refractivity contribution is 0.0208. The molecule has 2 nitrogen and oxygen atoms in total. The summed E-state index contributed by atoms with van der Waals surface area (Å²) in [7, 11) is 0. The molecule has 0 amide bonds. The lowest BCUT2D eigenvalue weighted by atomic mass is 10.0. The minimum Gasteiger partial charge on any atom is -0.480 e. The molecule has 0 bridgehead atoms. The molecule has 0 spiro atoms. The van der Waals surface area contributed by atoms with Crippen molar-refractivity contribution in [2.75, 3.05) is 6.61 Å². The van der Waals surface area contributed by atoms with E-state index >= 15 is 0 Å². The SMILES string of the molecule is C=Cc1cccc(F)c1O[C@@H]1COCc2ccccc21. The molecular formula is C17H15FO2. The molecule has 3 heteroatoms. The van der Waals surface area contributed by atoms with Crippen LogP contribution in [0.5, 0.6) is 5.75 Å². The van der Waals surface area contributed by atoms with Gasteiger partial charge in [-0.05, 0) is 11.6 Å². The summed E-state index contributed by atoms with van der Waals surface area (Å²) in [4.78, 5) is 0. The van der Waals surface area contributed by atoms with E-state index in [9.17, 15) is 4.39 Å². The maximum Gasteiger partial charge on any atom is 0.165 e. The Bertz CT molecular complexity index is 637. The number of rotatable bonds is 3. The van der Waals surface area contributed by atoms with Gasteiger partial charge in [-0.15, -0.1) is 0 Å². The molecule has 3 rings (SSSR count). The summed E-state index contributed by atoms with van der Waals surface area (Å²) in [5.41, 5.74) is 2.78. The quantitative estimate of drug-likeness (QED) is 0.835. The molecule has 1 heterocycles. The van der Waals surface area contributed by atoms with E-state index in [4.69, 9.17) is 9.47 Å². The van der Waals surface area contributed by atoms with E-state index in [2.05, 4.69) is 6.58 Å². The van der Waals surface area contributed by atoms with Crippen LogP contribution in [0.25, 0.3) is 6.08 Å². The maximum absolute atomic E-state index is 14.0. The maximum atomic E-state index is 14.0. The largest absolute Gasteiger partial charge is 0.480 e. The zero-order chi connectivity index (χ0) is 13.9. The number of hydrogen-bond donors (Lipinski definition) is 0. The Hall–Kier alpha value is -2.13. The van der Waals surface area contributed by atoms with Gasteiger partial charge in [0.05, 0.1) is 13.2 Å². The van der Waals surface area contributed by atoms with Crippen molar-refractivity contribution >= 4 is 6.08 Å². The monoisotopic (exact) mass is 270 g/mol. The summed E-state index contributed by atoms with van der Waals surface area (Å²) in [6, 6.07) is 12.7. The van der Waals surface area contributed by atoms with Gasteiger partial charge in [0.2, 0.25) is 0 Å². The fourth-order valence-corrected chi connectivity index (χ4v) is 2.40. The van der Waals surface area contributed by atoms with Crippen LogP contribution >= 0.6 is 0 Å². The first-order chi connectivity index (χ1) is 9.79. The molecule has 2 aromatic rings. The van der Waals surface area contributed by atoms with Gasteiger partial charge in [0.1, 0.15) is 6.10 Å². The van der Waals surface area contributed by atoms with Gasteiger partial charge in [0.25, 0.3) is 0 Å². The molecule has 20 heavy (non-hydrogen) atoms. The Kier molecular flexibility index (Phi) is 3.52.